The number of halogens is 2. The van der Waals surface area contributed by atoms with E-state index >= 15 is 0 Å². The standard InChI is InChI=1S/C27H21F2N7O3/c1-16-15-33(13-14-34(16)26(37)23-19(28)9-6-10-20(23)29)27-30-21-11-4-2-7-17(21)24-31-32-25(35(24)27)18-8-3-5-12-22(18)36(38)39/h2-12,16H,13-15H2,1H3/t16-/m0/s1. The van der Waals surface area contributed by atoms with Crippen molar-refractivity contribution in [1.29, 1.82) is 0 Å². The number of nitro groups is 1. The van der Waals surface area contributed by atoms with Crippen molar-refractivity contribution in [2.75, 3.05) is 24.5 Å². The molecule has 6 rings (SSSR count). The van der Waals surface area contributed by atoms with Crippen molar-refractivity contribution in [2.45, 2.75) is 13.0 Å². The van der Waals surface area contributed by atoms with Gasteiger partial charge >= 0.3 is 0 Å². The van der Waals surface area contributed by atoms with Crippen LogP contribution >= 0.6 is 0 Å². The lowest BCUT2D eigenvalue weighted by Crippen LogP contribution is -2.55. The lowest BCUT2D eigenvalue weighted by molar-refractivity contribution is -0.384. The highest BCUT2D eigenvalue weighted by Gasteiger charge is 2.33. The summed E-state index contributed by atoms with van der Waals surface area (Å²) < 4.78 is 30.4. The molecular weight excluding hydrogens is 508 g/mol. The fraction of sp³-hybridized carbons (Fsp3) is 0.185. The Balaban J connectivity index is 1.44. The average Bonchev–Trinajstić information content (AvgIpc) is 3.38. The van der Waals surface area contributed by atoms with Crippen LogP contribution in [0.15, 0.2) is 66.7 Å². The van der Waals surface area contributed by atoms with E-state index in [0.717, 1.165) is 17.5 Å². The minimum absolute atomic E-state index is 0.124. The molecule has 1 saturated heterocycles. The molecule has 12 heteroatoms. The van der Waals surface area contributed by atoms with E-state index in [9.17, 15) is 23.7 Å². The molecule has 1 amide bonds. The van der Waals surface area contributed by atoms with Crippen LogP contribution in [0.25, 0.3) is 27.9 Å². The number of hydrogen-bond donors (Lipinski definition) is 0. The first-order chi connectivity index (χ1) is 18.8. The first-order valence-corrected chi connectivity index (χ1v) is 12.2. The summed E-state index contributed by atoms with van der Waals surface area (Å²) in [6.07, 6.45) is 0. The van der Waals surface area contributed by atoms with Gasteiger partial charge in [-0.05, 0) is 37.3 Å². The van der Waals surface area contributed by atoms with Gasteiger partial charge in [0.05, 0.1) is 16.0 Å². The summed E-state index contributed by atoms with van der Waals surface area (Å²) in [6.45, 7) is 2.54. The van der Waals surface area contributed by atoms with Gasteiger partial charge in [0.25, 0.3) is 11.6 Å². The Morgan fingerprint density at radius 3 is 2.44 bits per heavy atom. The highest BCUT2D eigenvalue weighted by molar-refractivity contribution is 5.95. The molecule has 0 spiro atoms. The summed E-state index contributed by atoms with van der Waals surface area (Å²) in [7, 11) is 0. The molecule has 0 aliphatic carbocycles. The van der Waals surface area contributed by atoms with E-state index in [2.05, 4.69) is 10.2 Å². The molecule has 0 saturated carbocycles. The van der Waals surface area contributed by atoms with Crippen LogP contribution in [-0.2, 0) is 0 Å². The number of rotatable bonds is 4. The first-order valence-electron chi connectivity index (χ1n) is 12.2. The molecule has 2 aromatic heterocycles. The van der Waals surface area contributed by atoms with E-state index in [1.54, 1.807) is 29.5 Å². The van der Waals surface area contributed by atoms with Crippen LogP contribution in [0.1, 0.15) is 17.3 Å². The molecule has 0 bridgehead atoms. The van der Waals surface area contributed by atoms with Crippen LogP contribution in [0, 0.1) is 21.7 Å². The minimum atomic E-state index is -0.911. The number of amides is 1. The van der Waals surface area contributed by atoms with Crippen molar-refractivity contribution in [3.05, 3.63) is 94.0 Å². The maximum atomic E-state index is 14.3. The van der Waals surface area contributed by atoms with Crippen LogP contribution in [-0.4, -0.2) is 61.0 Å². The predicted octanol–water partition coefficient (Wildman–Crippen LogP) is 4.48. The van der Waals surface area contributed by atoms with Gasteiger partial charge in [-0.15, -0.1) is 10.2 Å². The van der Waals surface area contributed by atoms with Crippen LogP contribution in [0.2, 0.25) is 0 Å². The van der Waals surface area contributed by atoms with Crippen LogP contribution in [0.4, 0.5) is 20.4 Å². The normalized spacial score (nSPS) is 15.7. The van der Waals surface area contributed by atoms with Crippen molar-refractivity contribution in [1.82, 2.24) is 24.5 Å². The number of piperazine rings is 1. The third-order valence-corrected chi connectivity index (χ3v) is 6.92. The van der Waals surface area contributed by atoms with Crippen LogP contribution in [0.5, 0.6) is 0 Å². The van der Waals surface area contributed by atoms with E-state index in [-0.39, 0.29) is 30.2 Å². The Labute approximate surface area is 220 Å². The first kappa shape index (κ1) is 24.3. The zero-order valence-corrected chi connectivity index (χ0v) is 20.7. The Kier molecular flexibility index (Phi) is 5.86. The Bertz CT molecular complexity index is 1750. The number of nitrogens with zero attached hydrogens (tertiary/aromatic N) is 7. The quantitative estimate of drug-likeness (QED) is 0.249. The Hall–Kier alpha value is -5.00. The molecule has 3 aromatic carbocycles. The molecule has 0 radical (unpaired) electrons. The van der Waals surface area contributed by atoms with Gasteiger partial charge in [-0.25, -0.2) is 18.2 Å². The zero-order valence-electron chi connectivity index (χ0n) is 20.7. The molecule has 1 atom stereocenters. The molecule has 0 unspecified atom stereocenters. The van der Waals surface area contributed by atoms with E-state index < -0.39 is 34.1 Å². The van der Waals surface area contributed by atoms with Crippen molar-refractivity contribution >= 4 is 34.1 Å². The van der Waals surface area contributed by atoms with Gasteiger partial charge in [-0.3, -0.25) is 14.9 Å². The molecule has 1 aliphatic rings. The molecule has 196 valence electrons. The van der Waals surface area contributed by atoms with Gasteiger partial charge < -0.3 is 9.80 Å². The maximum Gasteiger partial charge on any atom is 0.280 e. The van der Waals surface area contributed by atoms with Gasteiger partial charge in [0, 0.05) is 37.1 Å². The van der Waals surface area contributed by atoms with Gasteiger partial charge in [0.1, 0.15) is 17.2 Å². The number of aromatic nitrogens is 4. The highest BCUT2D eigenvalue weighted by Crippen LogP contribution is 2.33. The summed E-state index contributed by atoms with van der Waals surface area (Å²) in [4.78, 5) is 32.6. The number of anilines is 1. The molecule has 0 N–H and O–H groups in total. The number of fused-ring (bicyclic) bond motifs is 3. The summed E-state index contributed by atoms with van der Waals surface area (Å²) in [5.41, 5.74) is 0.706. The average molecular weight is 530 g/mol. The molecule has 1 fully saturated rings. The second kappa shape index (κ2) is 9.39. The zero-order chi connectivity index (χ0) is 27.3. The van der Waals surface area contributed by atoms with Crippen molar-refractivity contribution in [2.24, 2.45) is 0 Å². The van der Waals surface area contributed by atoms with Gasteiger partial charge in [0.2, 0.25) is 5.95 Å². The van der Waals surface area contributed by atoms with E-state index in [1.165, 1.54) is 17.0 Å². The van der Waals surface area contributed by atoms with E-state index in [1.807, 2.05) is 29.2 Å². The Morgan fingerprint density at radius 1 is 0.974 bits per heavy atom. The third kappa shape index (κ3) is 4.00. The summed E-state index contributed by atoms with van der Waals surface area (Å²) in [6, 6.07) is 16.5. The molecule has 3 heterocycles. The van der Waals surface area contributed by atoms with E-state index in [0.29, 0.717) is 23.7 Å². The minimum Gasteiger partial charge on any atom is -0.338 e. The van der Waals surface area contributed by atoms with Crippen molar-refractivity contribution < 1.29 is 18.5 Å². The van der Waals surface area contributed by atoms with Crippen LogP contribution in [0.3, 0.4) is 0 Å². The summed E-state index contributed by atoms with van der Waals surface area (Å²) >= 11 is 0. The number of carbonyl (C=O) groups excluding carboxylic acids is 1. The topological polar surface area (TPSA) is 110 Å². The largest absolute Gasteiger partial charge is 0.338 e. The summed E-state index contributed by atoms with van der Waals surface area (Å²) in [5.74, 6) is -1.85. The fourth-order valence-electron chi connectivity index (χ4n) is 5.06. The number of benzene rings is 3. The smallest absolute Gasteiger partial charge is 0.280 e. The monoisotopic (exact) mass is 529 g/mol. The molecule has 1 aliphatic heterocycles. The number of para-hydroxylation sites is 2. The third-order valence-electron chi connectivity index (χ3n) is 6.92. The summed E-state index contributed by atoms with van der Waals surface area (Å²) in [5, 5.41) is 21.2. The Morgan fingerprint density at radius 2 is 1.69 bits per heavy atom. The van der Waals surface area contributed by atoms with Gasteiger partial charge in [0.15, 0.2) is 11.5 Å². The predicted molar refractivity (Wildman–Crippen MR) is 139 cm³/mol. The van der Waals surface area contributed by atoms with Crippen molar-refractivity contribution in [3.63, 3.8) is 0 Å². The van der Waals surface area contributed by atoms with Crippen LogP contribution < -0.4 is 4.90 Å². The lowest BCUT2D eigenvalue weighted by Gasteiger charge is -2.40. The highest BCUT2D eigenvalue weighted by atomic mass is 19.1. The second-order valence-corrected chi connectivity index (χ2v) is 9.28. The van der Waals surface area contributed by atoms with Crippen molar-refractivity contribution in [3.8, 4) is 11.4 Å². The van der Waals surface area contributed by atoms with Gasteiger partial charge in [-0.2, -0.15) is 0 Å². The lowest BCUT2D eigenvalue weighted by atomic mass is 10.1. The number of carbonyl (C=O) groups is 1. The number of hydrogen-bond acceptors (Lipinski definition) is 7. The molecule has 5 aromatic rings. The molecule has 10 nitrogen and oxygen atoms in total. The molecular formula is C27H21F2N7O3. The van der Waals surface area contributed by atoms with E-state index in [4.69, 9.17) is 4.98 Å². The van der Waals surface area contributed by atoms with Gasteiger partial charge in [-0.1, -0.05) is 30.3 Å². The fourth-order valence-corrected chi connectivity index (χ4v) is 5.06. The maximum absolute atomic E-state index is 14.3. The molecule has 39 heavy (non-hydrogen) atoms. The SMILES string of the molecule is C[C@H]1CN(c2nc3ccccc3c3nnc(-c4ccccc4[N+](=O)[O-])n23)CCN1C(=O)c1c(F)cccc1F. The number of nitro benzene ring substituents is 1. The second-order valence-electron chi connectivity index (χ2n) is 9.28.